The summed E-state index contributed by atoms with van der Waals surface area (Å²) in [6.07, 6.45) is 0.579. The smallest absolute Gasteiger partial charge is 0.295 e. The number of hydrogen-bond donors (Lipinski definition) is 1. The van der Waals surface area contributed by atoms with E-state index >= 15 is 0 Å². The van der Waals surface area contributed by atoms with Crippen LogP contribution >= 0.6 is 0 Å². The highest BCUT2D eigenvalue weighted by Crippen LogP contribution is 2.41. The van der Waals surface area contributed by atoms with Crippen molar-refractivity contribution in [1.82, 2.24) is 4.90 Å². The summed E-state index contributed by atoms with van der Waals surface area (Å²) in [7, 11) is 1.60. The van der Waals surface area contributed by atoms with Crippen LogP contribution in [-0.2, 0) is 19.7 Å². The van der Waals surface area contributed by atoms with E-state index in [4.69, 9.17) is 9.47 Å². The van der Waals surface area contributed by atoms with Crippen molar-refractivity contribution in [3.05, 3.63) is 70.3 Å². The zero-order valence-corrected chi connectivity index (χ0v) is 21.0. The van der Waals surface area contributed by atoms with Gasteiger partial charge >= 0.3 is 0 Å². The van der Waals surface area contributed by atoms with E-state index in [0.29, 0.717) is 37.5 Å². The molecule has 1 atom stereocenters. The summed E-state index contributed by atoms with van der Waals surface area (Å²) in [5, 5.41) is 11.5. The number of nitrogens with zero attached hydrogens (tertiary/aromatic N) is 1. The third-order valence-electron chi connectivity index (χ3n) is 6.15. The molecular formula is C28H35NO5. The van der Waals surface area contributed by atoms with E-state index < -0.39 is 17.7 Å². The van der Waals surface area contributed by atoms with E-state index in [1.165, 1.54) is 4.90 Å². The number of methoxy groups -OCH3 is 1. The Bertz CT molecular complexity index is 1080. The standard InChI is InChI=1S/C28H35NO5/c1-7-34-21-13-10-19(11-14-21)24-23(26(31)27(32)29(24)15-8-16-33-6)25(30)22-17-20(28(3,4)5)12-9-18(22)2/h9-14,17,24,30H,7-8,15-16H2,1-6H3/b25-23+. The number of rotatable bonds is 8. The van der Waals surface area contributed by atoms with Gasteiger partial charge in [-0.3, -0.25) is 9.59 Å². The summed E-state index contributed by atoms with van der Waals surface area (Å²) in [5.41, 5.74) is 3.15. The van der Waals surface area contributed by atoms with Crippen molar-refractivity contribution in [1.29, 1.82) is 0 Å². The molecule has 0 bridgehead atoms. The maximum absolute atomic E-state index is 13.2. The molecular weight excluding hydrogens is 430 g/mol. The Balaban J connectivity index is 2.17. The topological polar surface area (TPSA) is 76.1 Å². The minimum absolute atomic E-state index is 0.112. The molecule has 1 fully saturated rings. The fourth-order valence-corrected chi connectivity index (χ4v) is 4.24. The number of aryl methyl sites for hydroxylation is 1. The number of aliphatic hydroxyl groups excluding tert-OH is 1. The second-order valence-electron chi connectivity index (χ2n) is 9.62. The molecule has 0 radical (unpaired) electrons. The molecule has 3 rings (SSSR count). The molecule has 1 unspecified atom stereocenters. The largest absolute Gasteiger partial charge is 0.507 e. The van der Waals surface area contributed by atoms with Crippen molar-refractivity contribution in [2.24, 2.45) is 0 Å². The summed E-state index contributed by atoms with van der Waals surface area (Å²) < 4.78 is 10.7. The van der Waals surface area contributed by atoms with Crippen molar-refractivity contribution >= 4 is 17.4 Å². The molecule has 1 N–H and O–H groups in total. The van der Waals surface area contributed by atoms with Gasteiger partial charge < -0.3 is 19.5 Å². The Kier molecular flexibility index (Phi) is 7.82. The average Bonchev–Trinajstić information content (AvgIpc) is 3.04. The minimum Gasteiger partial charge on any atom is -0.507 e. The zero-order valence-electron chi connectivity index (χ0n) is 21.0. The molecule has 0 spiro atoms. The molecule has 0 aliphatic carbocycles. The number of benzene rings is 2. The maximum Gasteiger partial charge on any atom is 0.295 e. The molecule has 6 heteroatoms. The van der Waals surface area contributed by atoms with Gasteiger partial charge in [0, 0.05) is 25.8 Å². The van der Waals surface area contributed by atoms with Crippen LogP contribution in [0.2, 0.25) is 0 Å². The van der Waals surface area contributed by atoms with Gasteiger partial charge in [0.25, 0.3) is 11.7 Å². The Labute approximate surface area is 202 Å². The van der Waals surface area contributed by atoms with Gasteiger partial charge in [-0.1, -0.05) is 45.0 Å². The fourth-order valence-electron chi connectivity index (χ4n) is 4.24. The first-order chi connectivity index (χ1) is 16.1. The van der Waals surface area contributed by atoms with Gasteiger partial charge in [-0.15, -0.1) is 0 Å². The predicted octanol–water partition coefficient (Wildman–Crippen LogP) is 5.15. The van der Waals surface area contributed by atoms with E-state index in [1.54, 1.807) is 7.11 Å². The van der Waals surface area contributed by atoms with Gasteiger partial charge in [-0.25, -0.2) is 0 Å². The van der Waals surface area contributed by atoms with Crippen LogP contribution in [0.25, 0.3) is 5.76 Å². The first-order valence-electron chi connectivity index (χ1n) is 11.7. The average molecular weight is 466 g/mol. The summed E-state index contributed by atoms with van der Waals surface area (Å²) in [4.78, 5) is 27.9. The second kappa shape index (κ2) is 10.4. The summed E-state index contributed by atoms with van der Waals surface area (Å²) in [6, 6.07) is 12.5. The number of carbonyl (C=O) groups is 2. The van der Waals surface area contributed by atoms with Gasteiger partial charge in [0.05, 0.1) is 18.2 Å². The first kappa shape index (κ1) is 25.5. The van der Waals surface area contributed by atoms with Crippen molar-refractivity contribution in [2.45, 2.75) is 52.5 Å². The molecule has 2 aromatic carbocycles. The van der Waals surface area contributed by atoms with Crippen molar-refractivity contribution in [3.63, 3.8) is 0 Å². The first-order valence-corrected chi connectivity index (χ1v) is 11.7. The predicted molar refractivity (Wildman–Crippen MR) is 133 cm³/mol. The van der Waals surface area contributed by atoms with Crippen LogP contribution in [0.3, 0.4) is 0 Å². The quantitative estimate of drug-likeness (QED) is 0.253. The van der Waals surface area contributed by atoms with Crippen LogP contribution in [0.1, 0.15) is 62.4 Å². The number of carbonyl (C=O) groups excluding carboxylic acids is 2. The summed E-state index contributed by atoms with van der Waals surface area (Å²) >= 11 is 0. The molecule has 1 aliphatic heterocycles. The molecule has 1 heterocycles. The van der Waals surface area contributed by atoms with E-state index in [9.17, 15) is 14.7 Å². The molecule has 0 saturated carbocycles. The van der Waals surface area contributed by atoms with Crippen LogP contribution in [-0.4, -0.2) is 48.6 Å². The van der Waals surface area contributed by atoms with Crippen molar-refractivity contribution in [2.75, 3.05) is 26.9 Å². The molecule has 34 heavy (non-hydrogen) atoms. The molecule has 1 saturated heterocycles. The normalized spacial score (nSPS) is 17.9. The molecule has 182 valence electrons. The number of amides is 1. The van der Waals surface area contributed by atoms with Gasteiger partial charge in [0.15, 0.2) is 0 Å². The van der Waals surface area contributed by atoms with Crippen LogP contribution in [0.4, 0.5) is 0 Å². The van der Waals surface area contributed by atoms with Gasteiger partial charge in [0.2, 0.25) is 0 Å². The Morgan fingerprint density at radius 3 is 2.35 bits per heavy atom. The van der Waals surface area contributed by atoms with Crippen LogP contribution in [0.5, 0.6) is 5.75 Å². The van der Waals surface area contributed by atoms with Crippen molar-refractivity contribution in [3.8, 4) is 5.75 Å². The lowest BCUT2D eigenvalue weighted by atomic mass is 9.84. The van der Waals surface area contributed by atoms with E-state index in [2.05, 4.69) is 20.8 Å². The molecule has 6 nitrogen and oxygen atoms in total. The minimum atomic E-state index is -0.690. The maximum atomic E-state index is 13.2. The number of aliphatic hydroxyl groups is 1. The lowest BCUT2D eigenvalue weighted by Gasteiger charge is -2.26. The number of ketones is 1. The fraction of sp³-hybridized carbons (Fsp3) is 0.429. The number of hydrogen-bond acceptors (Lipinski definition) is 5. The molecule has 1 aliphatic rings. The Hall–Kier alpha value is -3.12. The van der Waals surface area contributed by atoms with Crippen LogP contribution < -0.4 is 4.74 Å². The highest BCUT2D eigenvalue weighted by Gasteiger charge is 2.46. The van der Waals surface area contributed by atoms with Gasteiger partial charge in [-0.05, 0) is 60.6 Å². The van der Waals surface area contributed by atoms with Gasteiger partial charge in [0.1, 0.15) is 11.5 Å². The SMILES string of the molecule is CCOc1ccc(C2/C(=C(\O)c3cc(C(C)(C)C)ccc3C)C(=O)C(=O)N2CCCOC)cc1. The number of likely N-dealkylation sites (tertiary alicyclic amines) is 1. The lowest BCUT2D eigenvalue weighted by Crippen LogP contribution is -2.31. The lowest BCUT2D eigenvalue weighted by molar-refractivity contribution is -0.140. The van der Waals surface area contributed by atoms with E-state index in [0.717, 1.165) is 16.7 Å². The molecule has 0 aromatic heterocycles. The number of ether oxygens (including phenoxy) is 2. The monoisotopic (exact) mass is 465 g/mol. The number of Topliss-reactive ketones (excluding diaryl/α,β-unsaturated/α-hetero) is 1. The highest BCUT2D eigenvalue weighted by atomic mass is 16.5. The zero-order chi connectivity index (χ0) is 25.0. The third-order valence-corrected chi connectivity index (χ3v) is 6.15. The third kappa shape index (κ3) is 5.17. The Morgan fingerprint density at radius 1 is 1.09 bits per heavy atom. The molecule has 2 aromatic rings. The molecule has 1 amide bonds. The summed E-state index contributed by atoms with van der Waals surface area (Å²) in [5.74, 6) is -0.720. The van der Waals surface area contributed by atoms with Crippen molar-refractivity contribution < 1.29 is 24.2 Å². The summed E-state index contributed by atoms with van der Waals surface area (Å²) in [6.45, 7) is 11.4. The van der Waals surface area contributed by atoms with Crippen LogP contribution in [0, 0.1) is 6.92 Å². The van der Waals surface area contributed by atoms with Crippen LogP contribution in [0.15, 0.2) is 48.0 Å². The van der Waals surface area contributed by atoms with E-state index in [1.807, 2.05) is 56.3 Å². The van der Waals surface area contributed by atoms with Gasteiger partial charge in [-0.2, -0.15) is 0 Å². The highest BCUT2D eigenvalue weighted by molar-refractivity contribution is 6.46. The van der Waals surface area contributed by atoms with E-state index in [-0.39, 0.29) is 16.7 Å². The second-order valence-corrected chi connectivity index (χ2v) is 9.62. The Morgan fingerprint density at radius 2 is 1.76 bits per heavy atom.